The zero-order valence-electron chi connectivity index (χ0n) is 15.3. The van der Waals surface area contributed by atoms with Gasteiger partial charge in [0.1, 0.15) is 12.0 Å². The summed E-state index contributed by atoms with van der Waals surface area (Å²) in [5.74, 6) is 1.16. The van der Waals surface area contributed by atoms with Crippen molar-refractivity contribution in [2.24, 2.45) is 0 Å². The Balaban J connectivity index is 1.67. The molecule has 4 N–H and O–H groups in total. The summed E-state index contributed by atoms with van der Waals surface area (Å²) in [5, 5.41) is 6.74. The third kappa shape index (κ3) is 3.94. The zero-order valence-corrected chi connectivity index (χ0v) is 15.3. The SMILES string of the molecule is Nc1c(Nc2ccccc2)ncnc1NC(c1ccccc1)c1ccccc1. The van der Waals surface area contributed by atoms with Crippen LogP contribution in [0, 0.1) is 0 Å². The Kier molecular flexibility index (Phi) is 5.15. The molecule has 0 spiro atoms. The summed E-state index contributed by atoms with van der Waals surface area (Å²) in [6, 6.07) is 30.2. The van der Waals surface area contributed by atoms with E-state index in [0.29, 0.717) is 17.3 Å². The summed E-state index contributed by atoms with van der Waals surface area (Å²) in [4.78, 5) is 8.68. The van der Waals surface area contributed by atoms with E-state index in [0.717, 1.165) is 16.8 Å². The van der Waals surface area contributed by atoms with Gasteiger partial charge in [-0.1, -0.05) is 78.9 Å². The summed E-state index contributed by atoms with van der Waals surface area (Å²) in [5.41, 5.74) is 10.0. The maximum Gasteiger partial charge on any atom is 0.159 e. The largest absolute Gasteiger partial charge is 0.393 e. The van der Waals surface area contributed by atoms with Gasteiger partial charge in [0.2, 0.25) is 0 Å². The van der Waals surface area contributed by atoms with Gasteiger partial charge in [0.05, 0.1) is 6.04 Å². The second kappa shape index (κ2) is 8.22. The van der Waals surface area contributed by atoms with Gasteiger partial charge in [-0.15, -0.1) is 0 Å². The van der Waals surface area contributed by atoms with Crippen LogP contribution in [-0.4, -0.2) is 9.97 Å². The predicted octanol–water partition coefficient (Wildman–Crippen LogP) is 5.00. The number of hydrogen-bond donors (Lipinski definition) is 3. The average molecular weight is 367 g/mol. The molecular weight excluding hydrogens is 346 g/mol. The molecule has 0 atom stereocenters. The molecule has 0 saturated carbocycles. The topological polar surface area (TPSA) is 75.9 Å². The number of benzene rings is 3. The lowest BCUT2D eigenvalue weighted by atomic mass is 9.99. The maximum absolute atomic E-state index is 6.39. The van der Waals surface area contributed by atoms with E-state index >= 15 is 0 Å². The second-order valence-electron chi connectivity index (χ2n) is 6.37. The smallest absolute Gasteiger partial charge is 0.159 e. The first-order chi connectivity index (χ1) is 13.8. The number of aromatic nitrogens is 2. The first-order valence-corrected chi connectivity index (χ1v) is 9.10. The van der Waals surface area contributed by atoms with Crippen molar-refractivity contribution >= 4 is 23.0 Å². The van der Waals surface area contributed by atoms with Crippen LogP contribution in [0.3, 0.4) is 0 Å². The number of hydrogen-bond acceptors (Lipinski definition) is 5. The molecule has 0 aliphatic heterocycles. The first kappa shape index (κ1) is 17.5. The van der Waals surface area contributed by atoms with E-state index in [-0.39, 0.29) is 6.04 Å². The van der Waals surface area contributed by atoms with Crippen LogP contribution in [0.1, 0.15) is 17.2 Å². The van der Waals surface area contributed by atoms with Crippen LogP contribution in [-0.2, 0) is 0 Å². The van der Waals surface area contributed by atoms with Gasteiger partial charge in [-0.05, 0) is 23.3 Å². The highest BCUT2D eigenvalue weighted by Crippen LogP contribution is 2.31. The standard InChI is InChI=1S/C23H21N5/c24-20-22(27-19-14-8-3-9-15-19)25-16-26-23(20)28-21(17-10-4-1-5-11-17)18-12-6-2-7-13-18/h1-16,21H,24H2,(H2,25,26,27,28). The van der Waals surface area contributed by atoms with Gasteiger partial charge in [-0.2, -0.15) is 0 Å². The summed E-state index contributed by atoms with van der Waals surface area (Å²) in [6.07, 6.45) is 1.51. The van der Waals surface area contributed by atoms with E-state index in [2.05, 4.69) is 44.9 Å². The minimum atomic E-state index is -0.0795. The van der Waals surface area contributed by atoms with Crippen molar-refractivity contribution in [1.29, 1.82) is 0 Å². The van der Waals surface area contributed by atoms with Gasteiger partial charge in [-0.3, -0.25) is 0 Å². The number of rotatable bonds is 6. The molecule has 0 bridgehead atoms. The van der Waals surface area contributed by atoms with Gasteiger partial charge in [0, 0.05) is 5.69 Å². The van der Waals surface area contributed by atoms with E-state index in [9.17, 15) is 0 Å². The van der Waals surface area contributed by atoms with Crippen molar-refractivity contribution in [3.05, 3.63) is 108 Å². The maximum atomic E-state index is 6.39. The molecule has 138 valence electrons. The van der Waals surface area contributed by atoms with Crippen LogP contribution in [0.15, 0.2) is 97.3 Å². The van der Waals surface area contributed by atoms with Crippen molar-refractivity contribution < 1.29 is 0 Å². The summed E-state index contributed by atoms with van der Waals surface area (Å²) in [7, 11) is 0. The lowest BCUT2D eigenvalue weighted by molar-refractivity contribution is 0.924. The summed E-state index contributed by atoms with van der Waals surface area (Å²) in [6.45, 7) is 0. The molecule has 5 heteroatoms. The van der Waals surface area contributed by atoms with Crippen LogP contribution in [0.25, 0.3) is 0 Å². The fraction of sp³-hybridized carbons (Fsp3) is 0.0435. The molecule has 0 saturated heterocycles. The molecule has 4 aromatic rings. The molecule has 1 heterocycles. The Labute approximate surface area is 164 Å². The predicted molar refractivity (Wildman–Crippen MR) is 115 cm³/mol. The highest BCUT2D eigenvalue weighted by molar-refractivity contribution is 5.78. The third-order valence-corrected chi connectivity index (χ3v) is 4.47. The fourth-order valence-corrected chi connectivity index (χ4v) is 3.06. The molecule has 5 nitrogen and oxygen atoms in total. The van der Waals surface area contributed by atoms with Crippen molar-refractivity contribution in [1.82, 2.24) is 9.97 Å². The van der Waals surface area contributed by atoms with E-state index in [1.807, 2.05) is 66.7 Å². The lowest BCUT2D eigenvalue weighted by Gasteiger charge is -2.22. The number of nitrogens with two attached hydrogens (primary N) is 1. The molecule has 0 unspecified atom stereocenters. The lowest BCUT2D eigenvalue weighted by Crippen LogP contribution is -2.15. The summed E-state index contributed by atoms with van der Waals surface area (Å²) < 4.78 is 0. The molecule has 28 heavy (non-hydrogen) atoms. The minimum Gasteiger partial charge on any atom is -0.393 e. The molecule has 0 fully saturated rings. The van der Waals surface area contributed by atoms with Crippen LogP contribution in [0.4, 0.5) is 23.0 Å². The van der Waals surface area contributed by atoms with Crippen molar-refractivity contribution in [3.63, 3.8) is 0 Å². The van der Waals surface area contributed by atoms with Gasteiger partial charge in [0.25, 0.3) is 0 Å². The van der Waals surface area contributed by atoms with Crippen LogP contribution < -0.4 is 16.4 Å². The van der Waals surface area contributed by atoms with Crippen LogP contribution >= 0.6 is 0 Å². The first-order valence-electron chi connectivity index (χ1n) is 9.10. The van der Waals surface area contributed by atoms with E-state index in [4.69, 9.17) is 5.73 Å². The third-order valence-electron chi connectivity index (χ3n) is 4.47. The highest BCUT2D eigenvalue weighted by Gasteiger charge is 2.17. The Bertz CT molecular complexity index is 981. The molecule has 0 aliphatic rings. The number of nitrogens with one attached hydrogen (secondary N) is 2. The quantitative estimate of drug-likeness (QED) is 0.447. The average Bonchev–Trinajstić information content (AvgIpc) is 2.76. The summed E-state index contributed by atoms with van der Waals surface area (Å²) >= 11 is 0. The van der Waals surface area contributed by atoms with Crippen LogP contribution in [0.2, 0.25) is 0 Å². The molecule has 3 aromatic carbocycles. The Morgan fingerprint density at radius 1 is 0.643 bits per heavy atom. The van der Waals surface area contributed by atoms with E-state index in [1.165, 1.54) is 6.33 Å². The molecule has 1 aromatic heterocycles. The molecular formula is C23H21N5. The number of nitrogen functional groups attached to an aromatic ring is 1. The van der Waals surface area contributed by atoms with Gasteiger partial charge < -0.3 is 16.4 Å². The normalized spacial score (nSPS) is 10.6. The molecule has 0 amide bonds. The Morgan fingerprint density at radius 2 is 1.14 bits per heavy atom. The van der Waals surface area contributed by atoms with Gasteiger partial charge >= 0.3 is 0 Å². The number of nitrogens with zero attached hydrogens (tertiary/aromatic N) is 2. The molecule has 0 aliphatic carbocycles. The highest BCUT2D eigenvalue weighted by atomic mass is 15.1. The van der Waals surface area contributed by atoms with E-state index in [1.54, 1.807) is 0 Å². The monoisotopic (exact) mass is 367 g/mol. The van der Waals surface area contributed by atoms with Crippen molar-refractivity contribution in [3.8, 4) is 0 Å². The van der Waals surface area contributed by atoms with Gasteiger partial charge in [-0.25, -0.2) is 9.97 Å². The van der Waals surface area contributed by atoms with Crippen LogP contribution in [0.5, 0.6) is 0 Å². The Hall–Kier alpha value is -3.86. The molecule has 0 radical (unpaired) electrons. The molecule has 4 rings (SSSR count). The Morgan fingerprint density at radius 3 is 1.71 bits per heavy atom. The number of anilines is 4. The zero-order chi connectivity index (χ0) is 19.2. The second-order valence-corrected chi connectivity index (χ2v) is 6.37. The number of para-hydroxylation sites is 1. The van der Waals surface area contributed by atoms with E-state index < -0.39 is 0 Å². The van der Waals surface area contributed by atoms with Gasteiger partial charge in [0.15, 0.2) is 11.6 Å². The van der Waals surface area contributed by atoms with Crippen molar-refractivity contribution in [2.75, 3.05) is 16.4 Å². The van der Waals surface area contributed by atoms with Crippen molar-refractivity contribution in [2.45, 2.75) is 6.04 Å². The fourth-order valence-electron chi connectivity index (χ4n) is 3.06. The minimum absolute atomic E-state index is 0.0795.